The van der Waals surface area contributed by atoms with Gasteiger partial charge in [-0.3, -0.25) is 9.59 Å². The third kappa shape index (κ3) is 4.70. The van der Waals surface area contributed by atoms with Gasteiger partial charge in [-0.05, 0) is 30.5 Å². The number of likely N-dealkylation sites (tertiary alicyclic amines) is 1. The molecule has 1 N–H and O–H groups in total. The van der Waals surface area contributed by atoms with Crippen molar-refractivity contribution in [3.8, 4) is 0 Å². The van der Waals surface area contributed by atoms with E-state index in [4.69, 9.17) is 0 Å². The second-order valence-corrected chi connectivity index (χ2v) is 6.00. The summed E-state index contributed by atoms with van der Waals surface area (Å²) >= 11 is 3.44. The van der Waals surface area contributed by atoms with Gasteiger partial charge in [-0.2, -0.15) is 0 Å². The summed E-state index contributed by atoms with van der Waals surface area (Å²) < 4.78 is 0.962. The highest BCUT2D eigenvalue weighted by molar-refractivity contribution is 9.10. The third-order valence-corrected chi connectivity index (χ3v) is 4.33. The zero-order chi connectivity index (χ0) is 15.2. The first-order chi connectivity index (χ1) is 10.1. The van der Waals surface area contributed by atoms with E-state index in [0.29, 0.717) is 13.1 Å². The Balaban J connectivity index is 1.83. The van der Waals surface area contributed by atoms with E-state index in [2.05, 4.69) is 21.2 Å². The predicted octanol–water partition coefficient (Wildman–Crippen LogP) is 2.59. The van der Waals surface area contributed by atoms with Crippen molar-refractivity contribution in [3.63, 3.8) is 0 Å². The smallest absolute Gasteiger partial charge is 0.244 e. The Kier molecular flexibility index (Phi) is 5.56. The van der Waals surface area contributed by atoms with Crippen LogP contribution < -0.4 is 5.32 Å². The van der Waals surface area contributed by atoms with Crippen molar-refractivity contribution in [2.45, 2.75) is 25.8 Å². The van der Waals surface area contributed by atoms with Crippen molar-refractivity contribution in [2.24, 2.45) is 0 Å². The monoisotopic (exact) mass is 350 g/mol. The molecule has 1 heterocycles. The molecule has 1 saturated heterocycles. The van der Waals surface area contributed by atoms with E-state index in [1.165, 1.54) is 0 Å². The minimum atomic E-state index is -0.0907. The minimum Gasteiger partial charge on any atom is -0.350 e. The number of rotatable bonds is 3. The molecular weight excluding hydrogens is 332 g/mol. The summed E-state index contributed by atoms with van der Waals surface area (Å²) in [6, 6.07) is 7.90. The van der Waals surface area contributed by atoms with E-state index in [9.17, 15) is 9.59 Å². The highest BCUT2D eigenvalue weighted by Crippen LogP contribution is 2.17. The molecule has 0 bridgehead atoms. The van der Waals surface area contributed by atoms with E-state index in [-0.39, 0.29) is 17.9 Å². The van der Waals surface area contributed by atoms with E-state index in [1.54, 1.807) is 19.1 Å². The standard InChI is InChI=1S/C16H19BrN2O2/c1-12(20)19-10-8-14(9-11-19)18-16(21)7-6-13-4-2-3-5-15(13)17/h2-7,14H,8-11H2,1H3,(H,18,21)/b7-6+. The molecule has 2 rings (SSSR count). The molecule has 1 fully saturated rings. The number of hydrogen-bond donors (Lipinski definition) is 1. The third-order valence-electron chi connectivity index (χ3n) is 3.61. The second kappa shape index (κ2) is 7.41. The molecule has 0 aliphatic carbocycles. The van der Waals surface area contributed by atoms with Crippen LogP contribution in [0.15, 0.2) is 34.8 Å². The Labute approximate surface area is 133 Å². The molecule has 1 aromatic carbocycles. The number of halogens is 1. The highest BCUT2D eigenvalue weighted by Gasteiger charge is 2.21. The number of nitrogens with one attached hydrogen (secondary N) is 1. The van der Waals surface area contributed by atoms with Crippen LogP contribution in [0.2, 0.25) is 0 Å². The fourth-order valence-corrected chi connectivity index (χ4v) is 2.78. The quantitative estimate of drug-likeness (QED) is 0.851. The molecule has 2 amide bonds. The van der Waals surface area contributed by atoms with Crippen LogP contribution in [0.25, 0.3) is 6.08 Å². The molecule has 112 valence electrons. The Morgan fingerprint density at radius 3 is 2.57 bits per heavy atom. The van der Waals surface area contributed by atoms with E-state index in [1.807, 2.05) is 29.2 Å². The SMILES string of the molecule is CC(=O)N1CCC(NC(=O)/C=C/c2ccccc2Br)CC1. The minimum absolute atomic E-state index is 0.0907. The van der Waals surface area contributed by atoms with Gasteiger partial charge in [-0.15, -0.1) is 0 Å². The molecule has 0 spiro atoms. The van der Waals surface area contributed by atoms with Crippen LogP contribution in [0.3, 0.4) is 0 Å². The number of nitrogens with zero attached hydrogens (tertiary/aromatic N) is 1. The van der Waals surface area contributed by atoms with Gasteiger partial charge in [0.25, 0.3) is 0 Å². The summed E-state index contributed by atoms with van der Waals surface area (Å²) in [5.41, 5.74) is 0.971. The zero-order valence-electron chi connectivity index (χ0n) is 12.0. The Morgan fingerprint density at radius 2 is 1.95 bits per heavy atom. The Hall–Kier alpha value is -1.62. The molecule has 1 aliphatic heterocycles. The van der Waals surface area contributed by atoms with Gasteiger partial charge in [-0.1, -0.05) is 34.1 Å². The molecule has 5 heteroatoms. The normalized spacial score (nSPS) is 16.2. The van der Waals surface area contributed by atoms with Crippen LogP contribution in [-0.2, 0) is 9.59 Å². The summed E-state index contributed by atoms with van der Waals surface area (Å²) in [4.78, 5) is 25.0. The number of benzene rings is 1. The molecule has 0 atom stereocenters. The lowest BCUT2D eigenvalue weighted by molar-refractivity contribution is -0.129. The van der Waals surface area contributed by atoms with Crippen LogP contribution in [-0.4, -0.2) is 35.8 Å². The largest absolute Gasteiger partial charge is 0.350 e. The summed E-state index contributed by atoms with van der Waals surface area (Å²) in [6.45, 7) is 3.02. The van der Waals surface area contributed by atoms with Gasteiger partial charge in [0.2, 0.25) is 11.8 Å². The van der Waals surface area contributed by atoms with Crippen molar-refractivity contribution in [1.29, 1.82) is 0 Å². The molecule has 0 saturated carbocycles. The maximum Gasteiger partial charge on any atom is 0.244 e. The van der Waals surface area contributed by atoms with Crippen LogP contribution in [0.5, 0.6) is 0 Å². The highest BCUT2D eigenvalue weighted by atomic mass is 79.9. The number of amides is 2. The van der Waals surface area contributed by atoms with E-state index < -0.39 is 0 Å². The molecule has 0 unspecified atom stereocenters. The van der Waals surface area contributed by atoms with Crippen molar-refractivity contribution < 1.29 is 9.59 Å². The predicted molar refractivity (Wildman–Crippen MR) is 86.6 cm³/mol. The lowest BCUT2D eigenvalue weighted by Gasteiger charge is -2.31. The molecular formula is C16H19BrN2O2. The van der Waals surface area contributed by atoms with E-state index in [0.717, 1.165) is 22.9 Å². The Morgan fingerprint density at radius 1 is 1.29 bits per heavy atom. The van der Waals surface area contributed by atoms with Gasteiger partial charge in [0.05, 0.1) is 0 Å². The van der Waals surface area contributed by atoms with Crippen LogP contribution in [0.4, 0.5) is 0 Å². The summed E-state index contributed by atoms with van der Waals surface area (Å²) in [5, 5.41) is 2.99. The van der Waals surface area contributed by atoms with Gasteiger partial charge in [-0.25, -0.2) is 0 Å². The summed E-state index contributed by atoms with van der Waals surface area (Å²) in [7, 11) is 0. The van der Waals surface area contributed by atoms with Crippen molar-refractivity contribution >= 4 is 33.8 Å². The maximum absolute atomic E-state index is 11.9. The second-order valence-electron chi connectivity index (χ2n) is 5.14. The number of carbonyl (C=O) groups excluding carboxylic acids is 2. The lowest BCUT2D eigenvalue weighted by Crippen LogP contribution is -2.45. The fraction of sp³-hybridized carbons (Fsp3) is 0.375. The van der Waals surface area contributed by atoms with Crippen LogP contribution in [0, 0.1) is 0 Å². The first kappa shape index (κ1) is 15.8. The lowest BCUT2D eigenvalue weighted by atomic mass is 10.0. The van der Waals surface area contributed by atoms with Crippen LogP contribution in [0.1, 0.15) is 25.3 Å². The summed E-state index contributed by atoms with van der Waals surface area (Å²) in [6.07, 6.45) is 4.98. The van der Waals surface area contributed by atoms with Crippen molar-refractivity contribution in [1.82, 2.24) is 10.2 Å². The van der Waals surface area contributed by atoms with Gasteiger partial charge >= 0.3 is 0 Å². The molecule has 0 radical (unpaired) electrons. The molecule has 1 aromatic rings. The molecule has 0 aromatic heterocycles. The van der Waals surface area contributed by atoms with Gasteiger partial charge in [0, 0.05) is 36.6 Å². The number of piperidine rings is 1. The first-order valence-electron chi connectivity index (χ1n) is 7.05. The average molecular weight is 351 g/mol. The van der Waals surface area contributed by atoms with Gasteiger partial charge in [0.15, 0.2) is 0 Å². The molecule has 4 nitrogen and oxygen atoms in total. The topological polar surface area (TPSA) is 49.4 Å². The zero-order valence-corrected chi connectivity index (χ0v) is 13.6. The Bertz CT molecular complexity index is 549. The fourth-order valence-electron chi connectivity index (χ4n) is 2.36. The van der Waals surface area contributed by atoms with Crippen molar-refractivity contribution in [2.75, 3.05) is 13.1 Å². The number of carbonyl (C=O) groups is 2. The van der Waals surface area contributed by atoms with Gasteiger partial charge in [0.1, 0.15) is 0 Å². The van der Waals surface area contributed by atoms with E-state index >= 15 is 0 Å². The first-order valence-corrected chi connectivity index (χ1v) is 7.84. The van der Waals surface area contributed by atoms with Crippen LogP contribution >= 0.6 is 15.9 Å². The maximum atomic E-state index is 11.9. The molecule has 21 heavy (non-hydrogen) atoms. The van der Waals surface area contributed by atoms with Gasteiger partial charge < -0.3 is 10.2 Å². The molecule has 1 aliphatic rings. The summed E-state index contributed by atoms with van der Waals surface area (Å²) in [5.74, 6) is 0.0145. The van der Waals surface area contributed by atoms with Crippen molar-refractivity contribution in [3.05, 3.63) is 40.4 Å². The number of hydrogen-bond acceptors (Lipinski definition) is 2. The average Bonchev–Trinajstić information content (AvgIpc) is 2.47.